The van der Waals surface area contributed by atoms with Crippen molar-refractivity contribution in [3.8, 4) is 5.75 Å². The van der Waals surface area contributed by atoms with Crippen LogP contribution in [0.5, 0.6) is 5.75 Å². The summed E-state index contributed by atoms with van der Waals surface area (Å²) in [5.41, 5.74) is 0.386. The van der Waals surface area contributed by atoms with Gasteiger partial charge in [-0.2, -0.15) is 0 Å². The molecule has 3 N–H and O–H groups in total. The number of amides is 1. The monoisotopic (exact) mass is 394 g/mol. The first kappa shape index (κ1) is 19.3. The summed E-state index contributed by atoms with van der Waals surface area (Å²) in [5, 5.41) is 11.9. The fourth-order valence-corrected chi connectivity index (χ4v) is 4.02. The summed E-state index contributed by atoms with van der Waals surface area (Å²) in [6, 6.07) is 8.80. The van der Waals surface area contributed by atoms with Crippen molar-refractivity contribution < 1.29 is 27.4 Å². The third-order valence-corrected chi connectivity index (χ3v) is 5.78. The molecule has 0 aliphatic heterocycles. The van der Waals surface area contributed by atoms with Crippen molar-refractivity contribution in [3.63, 3.8) is 0 Å². The number of halogens is 1. The molecule has 1 amide bonds. The van der Waals surface area contributed by atoms with E-state index in [1.54, 1.807) is 0 Å². The van der Waals surface area contributed by atoms with Crippen molar-refractivity contribution in [2.45, 2.75) is 29.9 Å². The number of aliphatic hydroxyl groups excluding tert-OH is 1. The van der Waals surface area contributed by atoms with Gasteiger partial charge in [-0.15, -0.1) is 0 Å². The molecule has 0 bridgehead atoms. The zero-order valence-electron chi connectivity index (χ0n) is 14.5. The van der Waals surface area contributed by atoms with Gasteiger partial charge in [0.05, 0.1) is 23.7 Å². The summed E-state index contributed by atoms with van der Waals surface area (Å²) in [4.78, 5) is 12.5. The van der Waals surface area contributed by atoms with E-state index in [1.807, 2.05) is 0 Å². The number of aliphatic hydroxyl groups is 1. The number of hydrogen-bond donors (Lipinski definition) is 3. The maximum Gasteiger partial charge on any atom is 0.259 e. The summed E-state index contributed by atoms with van der Waals surface area (Å²) in [5.74, 6) is -0.826. The molecule has 0 aromatic heterocycles. The number of carbonyl (C=O) groups is 1. The van der Waals surface area contributed by atoms with Crippen LogP contribution in [0.25, 0.3) is 0 Å². The maximum atomic E-state index is 13.0. The van der Waals surface area contributed by atoms with Gasteiger partial charge in [-0.3, -0.25) is 4.79 Å². The second kappa shape index (κ2) is 7.63. The van der Waals surface area contributed by atoms with Gasteiger partial charge in [-0.25, -0.2) is 17.5 Å². The molecular formula is C18H19FN2O5S. The number of carbonyl (C=O) groups excluding carboxylic acids is 1. The predicted molar refractivity (Wildman–Crippen MR) is 96.7 cm³/mol. The van der Waals surface area contributed by atoms with Crippen LogP contribution in [0.1, 0.15) is 23.2 Å². The third kappa shape index (κ3) is 4.44. The van der Waals surface area contributed by atoms with Gasteiger partial charge in [0.2, 0.25) is 10.0 Å². The lowest BCUT2D eigenvalue weighted by Gasteiger charge is -2.31. The first-order valence-electron chi connectivity index (χ1n) is 8.24. The normalized spacial score (nSPS) is 19.2. The summed E-state index contributed by atoms with van der Waals surface area (Å²) >= 11 is 0. The van der Waals surface area contributed by atoms with Crippen LogP contribution in [0.3, 0.4) is 0 Å². The molecule has 0 spiro atoms. The van der Waals surface area contributed by atoms with Crippen molar-refractivity contribution in [2.24, 2.45) is 0 Å². The average molecular weight is 394 g/mol. The lowest BCUT2D eigenvalue weighted by molar-refractivity contribution is 0.0712. The van der Waals surface area contributed by atoms with Crippen molar-refractivity contribution in [1.82, 2.24) is 4.72 Å². The second-order valence-corrected chi connectivity index (χ2v) is 7.98. The second-order valence-electron chi connectivity index (χ2n) is 6.27. The molecule has 3 rings (SSSR count). The zero-order valence-corrected chi connectivity index (χ0v) is 15.3. The van der Waals surface area contributed by atoms with Crippen LogP contribution in [-0.4, -0.2) is 38.7 Å². The number of benzene rings is 2. The van der Waals surface area contributed by atoms with Crippen LogP contribution in [0, 0.1) is 5.82 Å². The SMILES string of the molecule is COc1ccc(S(=O)(=O)NC2CC(O)C2)cc1C(=O)Nc1ccc(F)cc1. The van der Waals surface area contributed by atoms with Gasteiger partial charge >= 0.3 is 0 Å². The number of methoxy groups -OCH3 is 1. The Balaban J connectivity index is 1.84. The summed E-state index contributed by atoms with van der Waals surface area (Å²) < 4.78 is 45.6. The molecule has 0 atom stereocenters. The Hall–Kier alpha value is -2.49. The van der Waals surface area contributed by atoms with Crippen LogP contribution in [-0.2, 0) is 10.0 Å². The molecule has 1 aliphatic carbocycles. The lowest BCUT2D eigenvalue weighted by Crippen LogP contribution is -2.46. The molecule has 9 heteroatoms. The highest BCUT2D eigenvalue weighted by Gasteiger charge is 2.31. The molecule has 7 nitrogen and oxygen atoms in total. The van der Waals surface area contributed by atoms with Gasteiger partial charge < -0.3 is 15.2 Å². The van der Waals surface area contributed by atoms with Crippen LogP contribution in [0.2, 0.25) is 0 Å². The summed E-state index contributed by atoms with van der Waals surface area (Å²) in [6.07, 6.45) is 0.214. The van der Waals surface area contributed by atoms with Crippen LogP contribution >= 0.6 is 0 Å². The highest BCUT2D eigenvalue weighted by Crippen LogP contribution is 2.26. The molecule has 0 saturated heterocycles. The van der Waals surface area contributed by atoms with Gasteiger partial charge in [-0.1, -0.05) is 0 Å². The van der Waals surface area contributed by atoms with Crippen molar-refractivity contribution in [3.05, 3.63) is 53.8 Å². The summed E-state index contributed by atoms with van der Waals surface area (Å²) in [6.45, 7) is 0. The van der Waals surface area contributed by atoms with Crippen molar-refractivity contribution in [2.75, 3.05) is 12.4 Å². The maximum absolute atomic E-state index is 13.0. The van der Waals surface area contributed by atoms with Gasteiger partial charge in [0.25, 0.3) is 5.91 Å². The quantitative estimate of drug-likeness (QED) is 0.694. The van der Waals surface area contributed by atoms with E-state index in [0.29, 0.717) is 18.5 Å². The molecule has 27 heavy (non-hydrogen) atoms. The Morgan fingerprint density at radius 3 is 2.44 bits per heavy atom. The van der Waals surface area contributed by atoms with Gasteiger partial charge in [-0.05, 0) is 55.3 Å². The molecule has 0 heterocycles. The van der Waals surface area contributed by atoms with Gasteiger partial charge in [0, 0.05) is 11.7 Å². The minimum absolute atomic E-state index is 0.0262. The average Bonchev–Trinajstić information content (AvgIpc) is 2.61. The van der Waals surface area contributed by atoms with E-state index in [4.69, 9.17) is 4.74 Å². The molecule has 2 aromatic carbocycles. The third-order valence-electron chi connectivity index (χ3n) is 4.26. The number of nitrogens with one attached hydrogen (secondary N) is 2. The Morgan fingerprint density at radius 2 is 1.85 bits per heavy atom. The molecule has 0 radical (unpaired) electrons. The smallest absolute Gasteiger partial charge is 0.259 e. The van der Waals surface area contributed by atoms with Crippen LogP contribution < -0.4 is 14.8 Å². The van der Waals surface area contributed by atoms with E-state index in [2.05, 4.69) is 10.0 Å². The van der Waals surface area contributed by atoms with Gasteiger partial charge in [0.15, 0.2) is 0 Å². The Bertz CT molecular complexity index is 941. The summed E-state index contributed by atoms with van der Waals surface area (Å²) in [7, 11) is -2.48. The Morgan fingerprint density at radius 1 is 1.19 bits per heavy atom. The number of sulfonamides is 1. The number of anilines is 1. The van der Waals surface area contributed by atoms with Gasteiger partial charge in [0.1, 0.15) is 11.6 Å². The topological polar surface area (TPSA) is 105 Å². The minimum Gasteiger partial charge on any atom is -0.496 e. The van der Waals surface area contributed by atoms with E-state index in [-0.39, 0.29) is 22.3 Å². The van der Waals surface area contributed by atoms with E-state index in [9.17, 15) is 22.7 Å². The van der Waals surface area contributed by atoms with Crippen LogP contribution in [0.15, 0.2) is 47.4 Å². The van der Waals surface area contributed by atoms with E-state index in [1.165, 1.54) is 49.6 Å². The van der Waals surface area contributed by atoms with Crippen molar-refractivity contribution in [1.29, 1.82) is 0 Å². The largest absolute Gasteiger partial charge is 0.496 e. The molecule has 2 aromatic rings. The van der Waals surface area contributed by atoms with E-state index >= 15 is 0 Å². The standard InChI is InChI=1S/C18H19FN2O5S/c1-26-17-7-6-15(27(24,25)21-13-8-14(22)9-13)10-16(17)18(23)20-12-4-2-11(19)3-5-12/h2-7,10,13-14,21-22H,8-9H2,1H3,(H,20,23). The first-order chi connectivity index (χ1) is 12.8. The lowest BCUT2D eigenvalue weighted by atomic mass is 9.91. The van der Waals surface area contributed by atoms with Crippen molar-refractivity contribution >= 4 is 21.6 Å². The highest BCUT2D eigenvalue weighted by molar-refractivity contribution is 7.89. The Kier molecular flexibility index (Phi) is 5.45. The number of hydrogen-bond acceptors (Lipinski definition) is 5. The molecule has 1 saturated carbocycles. The van der Waals surface area contributed by atoms with E-state index < -0.39 is 27.9 Å². The number of ether oxygens (including phenoxy) is 1. The minimum atomic E-state index is -3.85. The molecule has 1 fully saturated rings. The van der Waals surface area contributed by atoms with E-state index in [0.717, 1.165) is 0 Å². The number of rotatable bonds is 6. The van der Waals surface area contributed by atoms with Crippen LogP contribution in [0.4, 0.5) is 10.1 Å². The predicted octanol–water partition coefficient (Wildman–Crippen LogP) is 1.89. The molecular weight excluding hydrogens is 375 g/mol. The first-order valence-corrected chi connectivity index (χ1v) is 9.72. The highest BCUT2D eigenvalue weighted by atomic mass is 32.2. The Labute approximate surface area is 156 Å². The molecule has 1 aliphatic rings. The fourth-order valence-electron chi connectivity index (χ4n) is 2.73. The molecule has 144 valence electrons. The zero-order chi connectivity index (χ0) is 19.6. The molecule has 0 unspecified atom stereocenters. The fraction of sp³-hybridized carbons (Fsp3) is 0.278.